The summed E-state index contributed by atoms with van der Waals surface area (Å²) >= 11 is 0. The second-order valence-electron chi connectivity index (χ2n) is 6.58. The first-order valence-corrected chi connectivity index (χ1v) is 9.21. The summed E-state index contributed by atoms with van der Waals surface area (Å²) in [5.41, 5.74) is 6.47. The van der Waals surface area contributed by atoms with Gasteiger partial charge < -0.3 is 21.7 Å². The van der Waals surface area contributed by atoms with E-state index in [1.54, 1.807) is 61.5 Å². The minimum atomic E-state index is -0.465. The monoisotopic (exact) mass is 416 g/mol. The number of anilines is 4. The van der Waals surface area contributed by atoms with Gasteiger partial charge in [-0.25, -0.2) is 9.97 Å². The SMILES string of the molecule is C=C(C)C(=O)Nc1cccc(NC(=O)c2cccc(C(=O)Nc3cccc(N)n3)c2)n1. The van der Waals surface area contributed by atoms with Crippen molar-refractivity contribution in [2.24, 2.45) is 0 Å². The van der Waals surface area contributed by atoms with Crippen LogP contribution in [0, 0.1) is 0 Å². The van der Waals surface area contributed by atoms with E-state index >= 15 is 0 Å². The number of carbonyl (C=O) groups is 3. The van der Waals surface area contributed by atoms with Crippen LogP contribution in [0.25, 0.3) is 0 Å². The number of nitrogens with one attached hydrogen (secondary N) is 3. The molecule has 0 fully saturated rings. The minimum absolute atomic E-state index is 0.239. The van der Waals surface area contributed by atoms with Crippen molar-refractivity contribution < 1.29 is 14.4 Å². The molecule has 5 N–H and O–H groups in total. The van der Waals surface area contributed by atoms with E-state index in [1.807, 2.05) is 0 Å². The number of nitrogens with two attached hydrogens (primary N) is 1. The third-order valence-corrected chi connectivity index (χ3v) is 4.02. The summed E-state index contributed by atoms with van der Waals surface area (Å²) < 4.78 is 0. The van der Waals surface area contributed by atoms with Gasteiger partial charge in [-0.3, -0.25) is 14.4 Å². The van der Waals surface area contributed by atoms with Crippen molar-refractivity contribution in [3.8, 4) is 0 Å². The van der Waals surface area contributed by atoms with Crippen molar-refractivity contribution in [2.75, 3.05) is 21.7 Å². The molecule has 0 aliphatic carbocycles. The van der Waals surface area contributed by atoms with Crippen molar-refractivity contribution in [1.82, 2.24) is 9.97 Å². The van der Waals surface area contributed by atoms with E-state index in [9.17, 15) is 14.4 Å². The zero-order chi connectivity index (χ0) is 22.4. The average molecular weight is 416 g/mol. The predicted octanol–water partition coefficient (Wildman–Crippen LogP) is 3.08. The number of nitrogen functional groups attached to an aromatic ring is 1. The molecule has 0 radical (unpaired) electrons. The molecule has 31 heavy (non-hydrogen) atoms. The van der Waals surface area contributed by atoms with E-state index in [2.05, 4.69) is 32.5 Å². The Balaban J connectivity index is 1.71. The highest BCUT2D eigenvalue weighted by Crippen LogP contribution is 2.14. The van der Waals surface area contributed by atoms with Gasteiger partial charge in [0.2, 0.25) is 0 Å². The average Bonchev–Trinajstić information content (AvgIpc) is 2.74. The van der Waals surface area contributed by atoms with Gasteiger partial charge in [-0.1, -0.05) is 24.8 Å². The number of amides is 3. The number of carbonyl (C=O) groups excluding carboxylic acids is 3. The van der Waals surface area contributed by atoms with Gasteiger partial charge >= 0.3 is 0 Å². The lowest BCUT2D eigenvalue weighted by Gasteiger charge is -2.09. The van der Waals surface area contributed by atoms with Crippen molar-refractivity contribution in [3.05, 3.63) is 83.9 Å². The van der Waals surface area contributed by atoms with E-state index in [0.717, 1.165) is 0 Å². The summed E-state index contributed by atoms with van der Waals surface area (Å²) in [6.45, 7) is 5.14. The van der Waals surface area contributed by atoms with E-state index in [-0.39, 0.29) is 34.5 Å². The molecule has 0 bridgehead atoms. The first-order valence-electron chi connectivity index (χ1n) is 9.21. The first-order chi connectivity index (χ1) is 14.8. The number of rotatable bonds is 6. The Kier molecular flexibility index (Phi) is 6.36. The molecule has 156 valence electrons. The Morgan fingerprint density at radius 1 is 0.774 bits per heavy atom. The van der Waals surface area contributed by atoms with Crippen LogP contribution in [0.4, 0.5) is 23.3 Å². The second-order valence-corrected chi connectivity index (χ2v) is 6.58. The van der Waals surface area contributed by atoms with Crippen molar-refractivity contribution >= 4 is 41.0 Å². The number of nitrogens with zero attached hydrogens (tertiary/aromatic N) is 2. The number of hydrogen-bond acceptors (Lipinski definition) is 6. The molecule has 3 aromatic rings. The van der Waals surface area contributed by atoms with Gasteiger partial charge in [-0.2, -0.15) is 0 Å². The van der Waals surface area contributed by atoms with Crippen molar-refractivity contribution in [3.63, 3.8) is 0 Å². The molecule has 9 nitrogen and oxygen atoms in total. The molecule has 0 aliphatic rings. The fourth-order valence-electron chi connectivity index (χ4n) is 2.50. The molecule has 0 spiro atoms. The smallest absolute Gasteiger partial charge is 0.256 e. The van der Waals surface area contributed by atoms with Gasteiger partial charge in [0.25, 0.3) is 17.7 Å². The van der Waals surface area contributed by atoms with Gasteiger partial charge in [0.15, 0.2) is 0 Å². The molecule has 0 saturated heterocycles. The number of hydrogen-bond donors (Lipinski definition) is 4. The molecule has 9 heteroatoms. The third kappa shape index (κ3) is 5.73. The molecule has 2 aromatic heterocycles. The summed E-state index contributed by atoms with van der Waals surface area (Å²) in [5, 5.41) is 7.85. The normalized spacial score (nSPS) is 10.1. The van der Waals surface area contributed by atoms with E-state index in [4.69, 9.17) is 5.73 Å². The lowest BCUT2D eigenvalue weighted by Crippen LogP contribution is -2.17. The highest BCUT2D eigenvalue weighted by atomic mass is 16.2. The highest BCUT2D eigenvalue weighted by molar-refractivity contribution is 6.08. The summed E-state index contributed by atoms with van der Waals surface area (Å²) in [6.07, 6.45) is 0. The number of pyridine rings is 2. The van der Waals surface area contributed by atoms with E-state index < -0.39 is 11.8 Å². The van der Waals surface area contributed by atoms with Gasteiger partial charge in [0.05, 0.1) is 0 Å². The lowest BCUT2D eigenvalue weighted by atomic mass is 10.1. The first kappa shape index (κ1) is 21.2. The Morgan fingerprint density at radius 3 is 1.81 bits per heavy atom. The molecule has 0 saturated carbocycles. The van der Waals surface area contributed by atoms with Gasteiger partial charge in [0, 0.05) is 16.7 Å². The molecule has 0 aliphatic heterocycles. The summed E-state index contributed by atoms with van der Waals surface area (Å²) in [7, 11) is 0. The molecule has 3 amide bonds. The Bertz CT molecular complexity index is 1180. The second kappa shape index (κ2) is 9.31. The van der Waals surface area contributed by atoms with Crippen LogP contribution >= 0.6 is 0 Å². The van der Waals surface area contributed by atoms with Crippen LogP contribution in [-0.4, -0.2) is 27.7 Å². The van der Waals surface area contributed by atoms with E-state index in [1.165, 1.54) is 6.07 Å². The zero-order valence-electron chi connectivity index (χ0n) is 16.7. The van der Waals surface area contributed by atoms with Crippen LogP contribution in [0.15, 0.2) is 72.8 Å². The molecular weight excluding hydrogens is 396 g/mol. The third-order valence-electron chi connectivity index (χ3n) is 4.02. The Hall–Kier alpha value is -4.53. The fraction of sp³-hybridized carbons (Fsp3) is 0.0455. The molecule has 2 heterocycles. The Morgan fingerprint density at radius 2 is 1.26 bits per heavy atom. The maximum atomic E-state index is 12.6. The van der Waals surface area contributed by atoms with Gasteiger partial charge in [0.1, 0.15) is 23.3 Å². The quantitative estimate of drug-likeness (QED) is 0.456. The highest BCUT2D eigenvalue weighted by Gasteiger charge is 2.13. The molecule has 1 aromatic carbocycles. The number of aromatic nitrogens is 2. The molecule has 0 unspecified atom stereocenters. The van der Waals surface area contributed by atoms with Crippen LogP contribution in [0.3, 0.4) is 0 Å². The maximum Gasteiger partial charge on any atom is 0.256 e. The van der Waals surface area contributed by atoms with Gasteiger partial charge in [-0.05, 0) is 49.4 Å². The minimum Gasteiger partial charge on any atom is -0.384 e. The number of benzene rings is 1. The Labute approximate surface area is 178 Å². The van der Waals surface area contributed by atoms with Crippen molar-refractivity contribution in [1.29, 1.82) is 0 Å². The van der Waals surface area contributed by atoms with Crippen LogP contribution in [0.1, 0.15) is 27.6 Å². The standard InChI is InChI=1S/C22H20N6O3/c1-13(2)20(29)26-18-10-5-11-19(25-18)28-22(31)15-7-3-6-14(12-15)21(30)27-17-9-4-8-16(23)24-17/h3-12H,1H2,2H3,(H3,23,24,27,30)(H2,25,26,28,29,31). The lowest BCUT2D eigenvalue weighted by molar-refractivity contribution is -0.112. The topological polar surface area (TPSA) is 139 Å². The summed E-state index contributed by atoms with van der Waals surface area (Å²) in [5.74, 6) is -0.179. The zero-order valence-corrected chi connectivity index (χ0v) is 16.7. The van der Waals surface area contributed by atoms with Crippen molar-refractivity contribution in [2.45, 2.75) is 6.92 Å². The van der Waals surface area contributed by atoms with Gasteiger partial charge in [-0.15, -0.1) is 0 Å². The van der Waals surface area contributed by atoms with E-state index in [0.29, 0.717) is 11.4 Å². The van der Waals surface area contributed by atoms with Crippen LogP contribution < -0.4 is 21.7 Å². The largest absolute Gasteiger partial charge is 0.384 e. The van der Waals surface area contributed by atoms with Crippen LogP contribution in [0.5, 0.6) is 0 Å². The molecular formula is C22H20N6O3. The predicted molar refractivity (Wildman–Crippen MR) is 119 cm³/mol. The van der Waals surface area contributed by atoms with Crippen LogP contribution in [0.2, 0.25) is 0 Å². The summed E-state index contributed by atoms with van der Waals surface area (Å²) in [4.78, 5) is 45.0. The maximum absolute atomic E-state index is 12.6. The molecule has 3 rings (SSSR count). The fourth-order valence-corrected chi connectivity index (χ4v) is 2.50. The summed E-state index contributed by atoms with van der Waals surface area (Å²) in [6, 6.07) is 15.9. The van der Waals surface area contributed by atoms with Crippen LogP contribution in [-0.2, 0) is 4.79 Å². The molecule has 0 atom stereocenters.